The van der Waals surface area contributed by atoms with E-state index in [-0.39, 0.29) is 17.4 Å². The van der Waals surface area contributed by atoms with Gasteiger partial charge >= 0.3 is 0 Å². The smallest absolute Gasteiger partial charge is 0.282 e. The Morgan fingerprint density at radius 1 is 1.06 bits per heavy atom. The molecule has 1 N–H and O–H groups in total. The number of fused-ring (bicyclic) bond motifs is 1. The molecule has 2 amide bonds. The number of piperazine rings is 1. The zero-order valence-corrected chi connectivity index (χ0v) is 17.7. The van der Waals surface area contributed by atoms with E-state index in [0.717, 1.165) is 0 Å². The van der Waals surface area contributed by atoms with Crippen LogP contribution < -0.4 is 10.9 Å². The average Bonchev–Trinajstić information content (AvgIpc) is 3.15. The number of hydrogen-bond acceptors (Lipinski definition) is 5. The Balaban J connectivity index is 1.65. The number of hydrogen-bond donors (Lipinski definition) is 1. The number of likely N-dealkylation sites (N-methyl/N-ethyl adjacent to an activating group) is 1. The molecule has 162 valence electrons. The average molecular weight is 422 g/mol. The summed E-state index contributed by atoms with van der Waals surface area (Å²) < 4.78 is 3.19. The molecule has 1 fully saturated rings. The quantitative estimate of drug-likeness (QED) is 0.652. The summed E-state index contributed by atoms with van der Waals surface area (Å²) in [5.41, 5.74) is 1.68. The van der Waals surface area contributed by atoms with Gasteiger partial charge in [0.2, 0.25) is 5.91 Å². The van der Waals surface area contributed by atoms with Crippen LogP contribution in [0, 0.1) is 0 Å². The number of nitrogens with one attached hydrogen (secondary N) is 1. The van der Waals surface area contributed by atoms with Crippen LogP contribution in [0.4, 0.5) is 0 Å². The molecular weight excluding hydrogens is 396 g/mol. The summed E-state index contributed by atoms with van der Waals surface area (Å²) in [5, 5.41) is 7.14. The number of pyridine rings is 1. The lowest BCUT2D eigenvalue weighted by atomic mass is 10.1. The highest BCUT2D eigenvalue weighted by molar-refractivity contribution is 6.00. The molecule has 31 heavy (non-hydrogen) atoms. The number of carbonyl (C=O) groups is 2. The predicted octanol–water partition coefficient (Wildman–Crippen LogP) is 0.663. The Morgan fingerprint density at radius 3 is 2.42 bits per heavy atom. The van der Waals surface area contributed by atoms with Crippen molar-refractivity contribution in [3.63, 3.8) is 0 Å². The molecule has 0 aromatic heterocycles. The number of amides is 2. The molecule has 0 bridgehead atoms. The molecule has 3 heterocycles. The van der Waals surface area contributed by atoms with Crippen molar-refractivity contribution >= 4 is 11.8 Å². The van der Waals surface area contributed by atoms with Gasteiger partial charge < -0.3 is 14.8 Å². The third-order valence-corrected chi connectivity index (χ3v) is 5.62. The van der Waals surface area contributed by atoms with Crippen LogP contribution in [-0.2, 0) is 11.3 Å². The highest BCUT2D eigenvalue weighted by Gasteiger charge is 2.29. The summed E-state index contributed by atoms with van der Waals surface area (Å²) in [5.74, 6) is -0.187. The van der Waals surface area contributed by atoms with Crippen LogP contribution in [0.5, 0.6) is 0 Å². The summed E-state index contributed by atoms with van der Waals surface area (Å²) >= 11 is 0. The normalized spacial score (nSPS) is 14.7. The van der Waals surface area contributed by atoms with Crippen LogP contribution in [0.1, 0.15) is 17.3 Å². The van der Waals surface area contributed by atoms with E-state index >= 15 is 0 Å². The van der Waals surface area contributed by atoms with E-state index in [1.165, 1.54) is 4.68 Å². The molecule has 9 nitrogen and oxygen atoms in total. The first-order valence-corrected chi connectivity index (χ1v) is 10.4. The van der Waals surface area contributed by atoms with Crippen molar-refractivity contribution in [1.82, 2.24) is 29.5 Å². The summed E-state index contributed by atoms with van der Waals surface area (Å²) in [6.45, 7) is 5.19. The summed E-state index contributed by atoms with van der Waals surface area (Å²) in [4.78, 5) is 41.8. The lowest BCUT2D eigenvalue weighted by molar-refractivity contribution is -0.122. The minimum Gasteiger partial charge on any atom is -0.358 e. The van der Waals surface area contributed by atoms with Crippen molar-refractivity contribution in [3.05, 3.63) is 58.6 Å². The number of para-hydroxylation sites is 1. The molecule has 0 atom stereocenters. The highest BCUT2D eigenvalue weighted by Crippen LogP contribution is 2.24. The molecule has 1 saturated heterocycles. The van der Waals surface area contributed by atoms with Crippen LogP contribution in [0.25, 0.3) is 16.9 Å². The van der Waals surface area contributed by atoms with E-state index in [1.807, 2.05) is 46.7 Å². The Bertz CT molecular complexity index is 1110. The maximum absolute atomic E-state index is 13.4. The Hall–Kier alpha value is -3.46. The van der Waals surface area contributed by atoms with Crippen LogP contribution >= 0.6 is 0 Å². The molecular formula is C22H26N6O3. The first kappa shape index (κ1) is 20.8. The van der Waals surface area contributed by atoms with Crippen molar-refractivity contribution in [2.24, 2.45) is 0 Å². The SMILES string of the molecule is CCn1cc(C(=O)N2CCN(CC(=O)NC)CC2)c2nn(-c3ccccc3)c(=O)c-2c1. The van der Waals surface area contributed by atoms with Gasteiger partial charge in [-0.05, 0) is 19.1 Å². The fourth-order valence-electron chi connectivity index (χ4n) is 3.80. The molecule has 0 unspecified atom stereocenters. The van der Waals surface area contributed by atoms with Gasteiger partial charge in [-0.1, -0.05) is 18.2 Å². The Labute approximate surface area is 180 Å². The van der Waals surface area contributed by atoms with Crippen LogP contribution in [0.2, 0.25) is 0 Å². The van der Waals surface area contributed by atoms with Crippen molar-refractivity contribution < 1.29 is 9.59 Å². The lowest BCUT2D eigenvalue weighted by Crippen LogP contribution is -2.51. The molecule has 0 aliphatic carbocycles. The largest absolute Gasteiger partial charge is 0.358 e. The summed E-state index contributed by atoms with van der Waals surface area (Å²) in [6.07, 6.45) is 3.52. The zero-order chi connectivity index (χ0) is 22.0. The molecule has 4 rings (SSSR count). The Morgan fingerprint density at radius 2 is 1.77 bits per heavy atom. The van der Waals surface area contributed by atoms with Crippen LogP contribution in [-0.4, -0.2) is 75.7 Å². The number of benzene rings is 1. The molecule has 0 radical (unpaired) electrons. The number of carbonyl (C=O) groups excluding carboxylic acids is 2. The molecule has 3 aliphatic heterocycles. The van der Waals surface area contributed by atoms with E-state index in [1.54, 1.807) is 24.3 Å². The van der Waals surface area contributed by atoms with E-state index in [4.69, 9.17) is 0 Å². The maximum atomic E-state index is 13.4. The molecule has 1 aromatic carbocycles. The molecule has 0 spiro atoms. The van der Waals surface area contributed by atoms with E-state index in [0.29, 0.717) is 61.8 Å². The lowest BCUT2D eigenvalue weighted by Gasteiger charge is -2.34. The van der Waals surface area contributed by atoms with Crippen LogP contribution in [0.3, 0.4) is 0 Å². The summed E-state index contributed by atoms with van der Waals surface area (Å²) in [7, 11) is 1.62. The first-order valence-electron chi connectivity index (χ1n) is 10.4. The van der Waals surface area contributed by atoms with Gasteiger partial charge in [0.25, 0.3) is 11.5 Å². The molecule has 1 aromatic rings. The molecule has 0 saturated carbocycles. The maximum Gasteiger partial charge on any atom is 0.282 e. The highest BCUT2D eigenvalue weighted by atomic mass is 16.2. The molecule has 9 heteroatoms. The minimum absolute atomic E-state index is 0.0389. The Kier molecular flexibility index (Phi) is 5.85. The second-order valence-electron chi connectivity index (χ2n) is 7.56. The van der Waals surface area contributed by atoms with Crippen molar-refractivity contribution in [2.45, 2.75) is 13.5 Å². The van der Waals surface area contributed by atoms with E-state index in [9.17, 15) is 14.4 Å². The third kappa shape index (κ3) is 4.09. The van der Waals surface area contributed by atoms with Gasteiger partial charge in [0.1, 0.15) is 5.69 Å². The van der Waals surface area contributed by atoms with Crippen molar-refractivity contribution in [1.29, 1.82) is 0 Å². The third-order valence-electron chi connectivity index (χ3n) is 5.62. The van der Waals surface area contributed by atoms with E-state index < -0.39 is 0 Å². The zero-order valence-electron chi connectivity index (χ0n) is 17.7. The number of aryl methyl sites for hydroxylation is 1. The van der Waals surface area contributed by atoms with Gasteiger partial charge in [-0.15, -0.1) is 0 Å². The van der Waals surface area contributed by atoms with Gasteiger partial charge in [-0.3, -0.25) is 19.3 Å². The van der Waals surface area contributed by atoms with Crippen molar-refractivity contribution in [2.75, 3.05) is 39.8 Å². The fraction of sp³-hybridized carbons (Fsp3) is 0.364. The standard InChI is InChI=1S/C22H26N6O3/c1-3-25-13-17(21(30)27-11-9-26(10-12-27)15-19(29)23-2)20-18(14-25)22(31)28(24-20)16-7-5-4-6-8-16/h4-8,13-14H,3,9-12,15H2,1-2H3,(H,23,29). The number of aromatic nitrogens is 3. The monoisotopic (exact) mass is 422 g/mol. The second-order valence-corrected chi connectivity index (χ2v) is 7.56. The van der Waals surface area contributed by atoms with Crippen molar-refractivity contribution in [3.8, 4) is 16.9 Å². The summed E-state index contributed by atoms with van der Waals surface area (Å²) in [6, 6.07) is 9.19. The predicted molar refractivity (Wildman–Crippen MR) is 117 cm³/mol. The minimum atomic E-state index is -0.242. The topological polar surface area (TPSA) is 92.5 Å². The molecule has 3 aliphatic rings. The fourth-order valence-corrected chi connectivity index (χ4v) is 3.80. The van der Waals surface area contributed by atoms with Crippen LogP contribution in [0.15, 0.2) is 47.5 Å². The number of nitrogens with zero attached hydrogens (tertiary/aromatic N) is 5. The first-order chi connectivity index (χ1) is 15.0. The van der Waals surface area contributed by atoms with Gasteiger partial charge in [0.15, 0.2) is 0 Å². The van der Waals surface area contributed by atoms with Gasteiger partial charge in [-0.2, -0.15) is 9.78 Å². The van der Waals surface area contributed by atoms with Gasteiger partial charge in [0, 0.05) is 52.2 Å². The number of rotatable bonds is 5. The van der Waals surface area contributed by atoms with Gasteiger partial charge in [0.05, 0.1) is 23.4 Å². The second kappa shape index (κ2) is 8.73. The van der Waals surface area contributed by atoms with Gasteiger partial charge in [-0.25, -0.2) is 0 Å². The van der Waals surface area contributed by atoms with E-state index in [2.05, 4.69) is 10.4 Å².